The molecule has 2 bridgehead atoms. The van der Waals surface area contributed by atoms with Crippen molar-refractivity contribution in [3.63, 3.8) is 0 Å². The molecule has 2 aromatic rings. The summed E-state index contributed by atoms with van der Waals surface area (Å²) in [6, 6.07) is 18.2. The molecule has 1 heterocycles. The number of hydrogen-bond acceptors (Lipinski definition) is 1. The molecule has 0 unspecified atom stereocenters. The van der Waals surface area contributed by atoms with Crippen molar-refractivity contribution >= 4 is 14.5 Å². The van der Waals surface area contributed by atoms with E-state index in [9.17, 15) is 0 Å². The molecule has 1 spiro atoms. The molecule has 162 valence electrons. The highest BCUT2D eigenvalue weighted by Crippen LogP contribution is 2.59. The molecule has 2 aromatic carbocycles. The van der Waals surface area contributed by atoms with E-state index in [1.807, 2.05) is 0 Å². The van der Waals surface area contributed by atoms with Crippen LogP contribution < -0.4 is 0 Å². The normalized spacial score (nSPS) is 25.5. The fourth-order valence-electron chi connectivity index (χ4n) is 5.74. The van der Waals surface area contributed by atoms with E-state index in [0.717, 1.165) is 13.2 Å². The van der Waals surface area contributed by atoms with E-state index in [4.69, 9.17) is 4.43 Å². The largest absolute Gasteiger partial charge is 0.410 e. The van der Waals surface area contributed by atoms with Crippen LogP contribution in [0.5, 0.6) is 0 Å². The van der Waals surface area contributed by atoms with E-state index in [1.165, 1.54) is 27.8 Å². The lowest BCUT2D eigenvalue weighted by molar-refractivity contribution is -0.581. The van der Waals surface area contributed by atoms with Gasteiger partial charge in [-0.3, -0.25) is 0 Å². The van der Waals surface area contributed by atoms with Crippen LogP contribution in [0.2, 0.25) is 18.1 Å². The smallest absolute Gasteiger partial charge is 0.192 e. The van der Waals surface area contributed by atoms with Gasteiger partial charge in [-0.25, -0.2) is 4.58 Å². The molecule has 0 saturated heterocycles. The highest BCUT2D eigenvalue weighted by atomic mass is 28.4. The Morgan fingerprint density at radius 2 is 1.48 bits per heavy atom. The number of benzene rings is 2. The molecule has 1 aliphatic heterocycles. The third kappa shape index (κ3) is 2.75. The van der Waals surface area contributed by atoms with Crippen LogP contribution in [0.4, 0.5) is 0 Å². The van der Waals surface area contributed by atoms with Gasteiger partial charge in [-0.2, -0.15) is 0 Å². The van der Waals surface area contributed by atoms with Gasteiger partial charge < -0.3 is 4.43 Å². The second kappa shape index (κ2) is 6.52. The minimum absolute atomic E-state index is 0.0316. The molecule has 6 rings (SSSR count). The van der Waals surface area contributed by atoms with Gasteiger partial charge in [0.05, 0.1) is 6.61 Å². The zero-order valence-corrected chi connectivity index (χ0v) is 21.1. The van der Waals surface area contributed by atoms with Gasteiger partial charge in [0.15, 0.2) is 26.6 Å². The van der Waals surface area contributed by atoms with Crippen LogP contribution in [-0.2, 0) is 9.84 Å². The molecule has 0 aromatic heterocycles. The fraction of sp³-hybridized carbons (Fsp3) is 0.464. The molecule has 0 fully saturated rings. The van der Waals surface area contributed by atoms with Crippen LogP contribution in [0.3, 0.4) is 0 Å². The molecule has 0 saturated carbocycles. The maximum absolute atomic E-state index is 6.58. The highest BCUT2D eigenvalue weighted by Gasteiger charge is 2.62. The minimum Gasteiger partial charge on any atom is -0.410 e. The summed E-state index contributed by atoms with van der Waals surface area (Å²) in [5, 5.41) is 0.239. The summed E-state index contributed by atoms with van der Waals surface area (Å²) in [5.41, 5.74) is 7.23. The summed E-state index contributed by atoms with van der Waals surface area (Å²) >= 11 is 0. The van der Waals surface area contributed by atoms with Crippen LogP contribution >= 0.6 is 0 Å². The maximum Gasteiger partial charge on any atom is 0.192 e. The molecule has 0 amide bonds. The van der Waals surface area contributed by atoms with Crippen molar-refractivity contribution in [1.82, 2.24) is 0 Å². The zero-order chi connectivity index (χ0) is 22.2. The van der Waals surface area contributed by atoms with Crippen molar-refractivity contribution < 1.29 is 9.00 Å². The minimum atomic E-state index is -1.75. The lowest BCUT2D eigenvalue weighted by atomic mass is 9.54. The van der Waals surface area contributed by atoms with Crippen LogP contribution in [0, 0.1) is 0 Å². The molecule has 0 radical (unpaired) electrons. The molecule has 0 atom stereocenters. The summed E-state index contributed by atoms with van der Waals surface area (Å²) in [6.45, 7) is 18.1. The number of rotatable bonds is 4. The average Bonchev–Trinajstić information content (AvgIpc) is 2.95. The van der Waals surface area contributed by atoms with Crippen LogP contribution in [-0.4, -0.2) is 37.8 Å². The van der Waals surface area contributed by atoms with Gasteiger partial charge >= 0.3 is 0 Å². The first-order chi connectivity index (χ1) is 14.5. The number of hydrogen-bond donors (Lipinski definition) is 0. The van der Waals surface area contributed by atoms with Crippen molar-refractivity contribution in [2.45, 2.75) is 69.6 Å². The van der Waals surface area contributed by atoms with Crippen molar-refractivity contribution in [3.05, 3.63) is 82.4 Å². The first kappa shape index (κ1) is 20.9. The van der Waals surface area contributed by atoms with Gasteiger partial charge in [0, 0.05) is 25.3 Å². The zero-order valence-electron chi connectivity index (χ0n) is 20.1. The molecule has 31 heavy (non-hydrogen) atoms. The monoisotopic (exact) mass is 430 g/mol. The third-order valence-electron chi connectivity index (χ3n) is 8.53. The third-order valence-corrected chi connectivity index (χ3v) is 13.1. The van der Waals surface area contributed by atoms with E-state index in [2.05, 4.69) is 113 Å². The lowest BCUT2D eigenvalue weighted by Gasteiger charge is -2.44. The van der Waals surface area contributed by atoms with E-state index < -0.39 is 8.32 Å². The van der Waals surface area contributed by atoms with E-state index >= 15 is 0 Å². The highest BCUT2D eigenvalue weighted by molar-refractivity contribution is 6.74. The Balaban J connectivity index is 1.58. The van der Waals surface area contributed by atoms with E-state index in [1.54, 1.807) is 0 Å². The Bertz CT molecular complexity index is 1070. The predicted octanol–water partition coefficient (Wildman–Crippen LogP) is 6.26. The molecule has 3 aliphatic carbocycles. The summed E-state index contributed by atoms with van der Waals surface area (Å²) in [6.07, 6.45) is 5.09. The molecule has 3 heteroatoms. The first-order valence-corrected chi connectivity index (χ1v) is 14.6. The van der Waals surface area contributed by atoms with Gasteiger partial charge in [0.1, 0.15) is 5.41 Å². The molecule has 0 N–H and O–H groups in total. The summed E-state index contributed by atoms with van der Waals surface area (Å²) in [7, 11) is -1.75. The number of allylic oxidation sites excluding steroid dienone is 1. The summed E-state index contributed by atoms with van der Waals surface area (Å²) in [5.74, 6) is 0.361. The van der Waals surface area contributed by atoms with Crippen molar-refractivity contribution in [2.75, 3.05) is 13.2 Å². The topological polar surface area (TPSA) is 12.2 Å². The van der Waals surface area contributed by atoms with Gasteiger partial charge in [0.25, 0.3) is 0 Å². The maximum atomic E-state index is 6.58. The Morgan fingerprint density at radius 1 is 0.935 bits per heavy atom. The molecular weight excluding hydrogens is 394 g/mol. The van der Waals surface area contributed by atoms with E-state index in [0.29, 0.717) is 5.92 Å². The summed E-state index contributed by atoms with van der Waals surface area (Å²) < 4.78 is 9.14. The Morgan fingerprint density at radius 3 is 2.03 bits per heavy atom. The summed E-state index contributed by atoms with van der Waals surface area (Å²) in [4.78, 5) is 0. The van der Waals surface area contributed by atoms with Crippen LogP contribution in [0.1, 0.15) is 62.8 Å². The van der Waals surface area contributed by atoms with Crippen molar-refractivity contribution in [3.8, 4) is 0 Å². The predicted molar refractivity (Wildman–Crippen MR) is 132 cm³/mol. The van der Waals surface area contributed by atoms with Crippen LogP contribution in [0.25, 0.3) is 0 Å². The average molecular weight is 431 g/mol. The molecule has 2 nitrogen and oxygen atoms in total. The quantitative estimate of drug-likeness (QED) is 0.317. The van der Waals surface area contributed by atoms with Gasteiger partial charge in [-0.15, -0.1) is 0 Å². The van der Waals surface area contributed by atoms with Gasteiger partial charge in [-0.1, -0.05) is 75.4 Å². The van der Waals surface area contributed by atoms with Gasteiger partial charge in [-0.05, 0) is 40.4 Å². The van der Waals surface area contributed by atoms with Crippen molar-refractivity contribution in [1.29, 1.82) is 0 Å². The lowest BCUT2D eigenvalue weighted by Crippen LogP contribution is -2.45. The van der Waals surface area contributed by atoms with E-state index in [-0.39, 0.29) is 16.0 Å². The van der Waals surface area contributed by atoms with Crippen LogP contribution in [0.15, 0.2) is 60.2 Å². The Kier molecular flexibility index (Phi) is 4.40. The molecular formula is C28H36NOSi+. The van der Waals surface area contributed by atoms with Gasteiger partial charge in [0.2, 0.25) is 0 Å². The second-order valence-electron chi connectivity index (χ2n) is 11.5. The second-order valence-corrected chi connectivity index (χ2v) is 16.3. The Labute approximate surface area is 188 Å². The first-order valence-electron chi connectivity index (χ1n) is 11.7. The number of nitrogens with zero attached hydrogens (tertiary/aromatic N) is 1. The SMILES string of the molecule is CC1(C)C2=CC3c4ccccc4C2(C=[N+]1CCO[Si](C)(C)C(C)(C)C)c1ccccc13. The fourth-order valence-corrected chi connectivity index (χ4v) is 6.77. The Hall–Kier alpha value is -1.97. The standard InChI is InChI=1S/C28H36NOSi/c1-26(2,3)31(6,7)30-17-16-29-19-28-23-14-10-8-12-20(23)22(18-25(28)27(29,4)5)21-13-9-11-15-24(21)28/h8-15,18-19,22H,16-17H2,1-7H3/q+1. The van der Waals surface area contributed by atoms with Crippen molar-refractivity contribution in [2.24, 2.45) is 0 Å². The molecule has 4 aliphatic rings.